The van der Waals surface area contributed by atoms with Gasteiger partial charge in [0.15, 0.2) is 0 Å². The SMILES string of the molecule is CC1CCN(c2c(NCCCC(C)(C)C)c(=O)c2=O)CC1.CCC.CCCNc1c(N2CCOCC2)c(=O)c1=O.[HH].[HH]. The number of hydrogen-bond acceptors (Lipinski definition) is 9. The molecular weight excluding hydrogens is 508 g/mol. The van der Waals surface area contributed by atoms with Gasteiger partial charge in [-0.15, -0.1) is 0 Å². The molecule has 2 heterocycles. The third-order valence-corrected chi connectivity index (χ3v) is 7.15. The molecule has 40 heavy (non-hydrogen) atoms. The van der Waals surface area contributed by atoms with Crippen LogP contribution in [0.2, 0.25) is 0 Å². The number of morpholine rings is 1. The maximum atomic E-state index is 11.9. The second-order valence-corrected chi connectivity index (χ2v) is 12.3. The molecule has 0 aromatic heterocycles. The molecule has 2 fully saturated rings. The number of ether oxygens (including phenoxy) is 1. The van der Waals surface area contributed by atoms with Gasteiger partial charge in [-0.25, -0.2) is 0 Å². The van der Waals surface area contributed by atoms with E-state index in [1.54, 1.807) is 0 Å². The maximum absolute atomic E-state index is 11.9. The van der Waals surface area contributed by atoms with E-state index in [4.69, 9.17) is 4.74 Å². The van der Waals surface area contributed by atoms with Crippen molar-refractivity contribution >= 4 is 22.7 Å². The van der Waals surface area contributed by atoms with Crippen molar-refractivity contribution < 1.29 is 7.59 Å². The number of hydrogen-bond donors (Lipinski definition) is 2. The van der Waals surface area contributed by atoms with Gasteiger partial charge in [0, 0.05) is 42.1 Å². The van der Waals surface area contributed by atoms with Crippen LogP contribution in [0.15, 0.2) is 19.2 Å². The Morgan fingerprint density at radius 2 is 1.23 bits per heavy atom. The van der Waals surface area contributed by atoms with Crippen molar-refractivity contribution in [3.05, 3.63) is 40.9 Å². The molecule has 0 saturated carbocycles. The van der Waals surface area contributed by atoms with Gasteiger partial charge in [-0.3, -0.25) is 19.2 Å². The van der Waals surface area contributed by atoms with Crippen LogP contribution >= 0.6 is 0 Å². The smallest absolute Gasteiger partial charge is 0.253 e. The van der Waals surface area contributed by atoms with Gasteiger partial charge in [0.2, 0.25) is 0 Å². The van der Waals surface area contributed by atoms with Crippen LogP contribution in [0.25, 0.3) is 0 Å². The fourth-order valence-electron chi connectivity index (χ4n) is 4.79. The molecule has 2 aliphatic rings. The zero-order chi connectivity index (χ0) is 29.9. The number of anilines is 4. The standard InChI is InChI=1S/C17H28N2O2.C11H16N2O3.C3H8.2H2/c1-12-6-10-19(11-7-12)14-13(15(20)16(14)21)18-9-5-8-17(2,3)4;1-2-3-12-8-9(11(15)10(8)14)13-4-6-16-7-5-13;1-3-2;;/h12,18H,5-11H2,1-4H3;12H,2-7H2,1H3;3H2,1-2H3;2*1H. The molecule has 0 radical (unpaired) electrons. The van der Waals surface area contributed by atoms with E-state index in [-0.39, 0.29) is 24.6 Å². The molecule has 0 aliphatic carbocycles. The van der Waals surface area contributed by atoms with E-state index in [2.05, 4.69) is 57.1 Å². The molecule has 2 aromatic carbocycles. The van der Waals surface area contributed by atoms with Crippen LogP contribution in [-0.2, 0) is 4.74 Å². The second kappa shape index (κ2) is 15.9. The van der Waals surface area contributed by atoms with Gasteiger partial charge >= 0.3 is 0 Å². The van der Waals surface area contributed by atoms with Gasteiger partial charge in [0.1, 0.15) is 22.7 Å². The van der Waals surface area contributed by atoms with Gasteiger partial charge in [-0.1, -0.05) is 54.9 Å². The van der Waals surface area contributed by atoms with E-state index in [1.165, 1.54) is 6.42 Å². The molecule has 2 aliphatic heterocycles. The molecule has 9 heteroatoms. The normalized spacial score (nSPS) is 16.3. The Kier molecular flexibility index (Phi) is 13.4. The van der Waals surface area contributed by atoms with Crippen molar-refractivity contribution in [2.24, 2.45) is 11.3 Å². The Morgan fingerprint density at radius 3 is 1.68 bits per heavy atom. The van der Waals surface area contributed by atoms with E-state index in [0.717, 1.165) is 64.2 Å². The molecule has 230 valence electrons. The summed E-state index contributed by atoms with van der Waals surface area (Å²) in [5.41, 5.74) is 1.18. The number of piperidine rings is 1. The lowest BCUT2D eigenvalue weighted by molar-refractivity contribution is 0.122. The minimum absolute atomic E-state index is 0. The Hall–Kier alpha value is -2.68. The molecule has 2 saturated heterocycles. The van der Waals surface area contributed by atoms with Gasteiger partial charge < -0.3 is 25.2 Å². The van der Waals surface area contributed by atoms with Crippen molar-refractivity contribution in [2.45, 2.75) is 87.0 Å². The van der Waals surface area contributed by atoms with Crippen LogP contribution in [0.4, 0.5) is 22.7 Å². The van der Waals surface area contributed by atoms with Crippen LogP contribution in [0, 0.1) is 11.3 Å². The first kappa shape index (κ1) is 33.5. The predicted octanol–water partition coefficient (Wildman–Crippen LogP) is 4.61. The summed E-state index contributed by atoms with van der Waals surface area (Å²) in [6, 6.07) is 0. The Bertz CT molecular complexity index is 1180. The fraction of sp³-hybridized carbons (Fsp3) is 0.742. The van der Waals surface area contributed by atoms with Crippen LogP contribution in [0.3, 0.4) is 0 Å². The van der Waals surface area contributed by atoms with E-state index < -0.39 is 0 Å². The summed E-state index contributed by atoms with van der Waals surface area (Å²) >= 11 is 0. The first-order valence-corrected chi connectivity index (χ1v) is 15.2. The molecule has 0 spiro atoms. The summed E-state index contributed by atoms with van der Waals surface area (Å²) in [6.45, 7) is 21.0. The second-order valence-electron chi connectivity index (χ2n) is 12.3. The van der Waals surface area contributed by atoms with Crippen molar-refractivity contribution in [1.82, 2.24) is 0 Å². The molecule has 2 N–H and O–H groups in total. The first-order chi connectivity index (χ1) is 19.0. The van der Waals surface area contributed by atoms with Gasteiger partial charge in [0.05, 0.1) is 13.2 Å². The fourth-order valence-corrected chi connectivity index (χ4v) is 4.79. The Labute approximate surface area is 242 Å². The van der Waals surface area contributed by atoms with Crippen molar-refractivity contribution in [3.8, 4) is 0 Å². The molecule has 2 aromatic rings. The monoisotopic (exact) mass is 564 g/mol. The summed E-state index contributed by atoms with van der Waals surface area (Å²) < 4.78 is 5.22. The summed E-state index contributed by atoms with van der Waals surface area (Å²) in [4.78, 5) is 50.6. The number of nitrogens with one attached hydrogen (secondary N) is 2. The molecule has 0 bridgehead atoms. The lowest BCUT2D eigenvalue weighted by atomic mass is 9.90. The minimum atomic E-state index is -0.380. The van der Waals surface area contributed by atoms with E-state index in [0.29, 0.717) is 54.5 Å². The zero-order valence-electron chi connectivity index (χ0n) is 25.9. The Balaban J connectivity index is 0.000000719. The summed E-state index contributed by atoms with van der Waals surface area (Å²) in [5, 5.41) is 6.22. The average Bonchev–Trinajstić information content (AvgIpc) is 2.93. The third kappa shape index (κ3) is 9.18. The minimum Gasteiger partial charge on any atom is -0.380 e. The number of nitrogens with zero attached hydrogens (tertiary/aromatic N) is 2. The van der Waals surface area contributed by atoms with Gasteiger partial charge in [-0.2, -0.15) is 0 Å². The average molecular weight is 565 g/mol. The van der Waals surface area contributed by atoms with Crippen LogP contribution < -0.4 is 42.1 Å². The zero-order valence-corrected chi connectivity index (χ0v) is 25.9. The molecule has 0 amide bonds. The molecular formula is C31H56N4O5. The third-order valence-electron chi connectivity index (χ3n) is 7.15. The van der Waals surface area contributed by atoms with Gasteiger partial charge in [-0.05, 0) is 43.4 Å². The first-order valence-electron chi connectivity index (χ1n) is 15.2. The highest BCUT2D eigenvalue weighted by Gasteiger charge is 2.28. The highest BCUT2D eigenvalue weighted by Crippen LogP contribution is 2.27. The quantitative estimate of drug-likeness (QED) is 0.333. The van der Waals surface area contributed by atoms with E-state index in [9.17, 15) is 19.2 Å². The summed E-state index contributed by atoms with van der Waals surface area (Å²) in [5.74, 6) is 0.718. The van der Waals surface area contributed by atoms with Crippen molar-refractivity contribution in [1.29, 1.82) is 0 Å². The van der Waals surface area contributed by atoms with E-state index in [1.807, 2.05) is 11.8 Å². The molecule has 4 rings (SSSR count). The van der Waals surface area contributed by atoms with Crippen LogP contribution in [0.5, 0.6) is 0 Å². The van der Waals surface area contributed by atoms with Crippen molar-refractivity contribution in [3.63, 3.8) is 0 Å². The van der Waals surface area contributed by atoms with Crippen LogP contribution in [-0.4, -0.2) is 52.5 Å². The molecule has 0 atom stereocenters. The Morgan fingerprint density at radius 1 is 0.775 bits per heavy atom. The molecule has 9 nitrogen and oxygen atoms in total. The lowest BCUT2D eigenvalue weighted by Gasteiger charge is -2.33. The van der Waals surface area contributed by atoms with E-state index >= 15 is 0 Å². The topological polar surface area (TPSA) is 108 Å². The highest BCUT2D eigenvalue weighted by atomic mass is 16.5. The van der Waals surface area contributed by atoms with Crippen molar-refractivity contribution in [2.75, 3.05) is 72.9 Å². The predicted molar refractivity (Wildman–Crippen MR) is 173 cm³/mol. The van der Waals surface area contributed by atoms with Gasteiger partial charge in [0.25, 0.3) is 21.7 Å². The number of rotatable bonds is 9. The summed E-state index contributed by atoms with van der Waals surface area (Å²) in [7, 11) is 0. The highest BCUT2D eigenvalue weighted by molar-refractivity contribution is 5.76. The summed E-state index contributed by atoms with van der Waals surface area (Å²) in [6.07, 6.45) is 6.50. The van der Waals surface area contributed by atoms with Crippen LogP contribution in [0.1, 0.15) is 89.8 Å². The lowest BCUT2D eigenvalue weighted by Crippen LogP contribution is -2.47. The molecule has 0 unspecified atom stereocenters. The largest absolute Gasteiger partial charge is 0.380 e. The maximum Gasteiger partial charge on any atom is 0.253 e.